The van der Waals surface area contributed by atoms with Crippen molar-refractivity contribution in [2.45, 2.75) is 39.2 Å². The Kier molecular flexibility index (Phi) is 5.94. The molecule has 2 heterocycles. The largest absolute Gasteiger partial charge is 0.478 e. The van der Waals surface area contributed by atoms with Crippen LogP contribution in [0.2, 0.25) is 0 Å². The Balaban J connectivity index is 1.68. The number of para-hydroxylation sites is 1. The lowest BCUT2D eigenvalue weighted by atomic mass is 9.99. The highest BCUT2D eigenvalue weighted by atomic mass is 19.4. The zero-order chi connectivity index (χ0) is 26.5. The molecule has 0 saturated heterocycles. The van der Waals surface area contributed by atoms with E-state index in [1.807, 2.05) is 24.3 Å². The molecule has 1 aliphatic heterocycles. The molecule has 1 aliphatic rings. The SMILES string of the molecule is Cc1cc([C@@H](C)Nc2ccccc2C(=O)O)c2oc(N3Cc4ccccc4C3)c(C(F)(F)F)c(=O)c2c1. The maximum Gasteiger partial charge on any atom is 0.425 e. The van der Waals surface area contributed by atoms with Crippen molar-refractivity contribution in [3.63, 3.8) is 0 Å². The predicted molar refractivity (Wildman–Crippen MR) is 134 cm³/mol. The number of carbonyl (C=O) groups is 1. The van der Waals surface area contributed by atoms with Crippen molar-refractivity contribution in [2.75, 3.05) is 10.2 Å². The van der Waals surface area contributed by atoms with Gasteiger partial charge in [-0.1, -0.05) is 42.5 Å². The molecular weight excluding hydrogens is 485 g/mol. The predicted octanol–water partition coefficient (Wildman–Crippen LogP) is 6.51. The molecule has 0 spiro atoms. The molecule has 2 N–H and O–H groups in total. The molecular formula is C28H23F3N2O4. The van der Waals surface area contributed by atoms with Crippen molar-refractivity contribution < 1.29 is 27.5 Å². The summed E-state index contributed by atoms with van der Waals surface area (Å²) < 4.78 is 48.7. The zero-order valence-corrected chi connectivity index (χ0v) is 20.0. The average molecular weight is 508 g/mol. The van der Waals surface area contributed by atoms with Crippen LogP contribution in [0.25, 0.3) is 11.0 Å². The normalized spacial score (nSPS) is 14.0. The average Bonchev–Trinajstić information content (AvgIpc) is 3.27. The van der Waals surface area contributed by atoms with Gasteiger partial charge in [0.25, 0.3) is 0 Å². The van der Waals surface area contributed by atoms with Crippen LogP contribution in [0.15, 0.2) is 69.9 Å². The second-order valence-corrected chi connectivity index (χ2v) is 9.18. The molecule has 0 amide bonds. The van der Waals surface area contributed by atoms with Gasteiger partial charge in [-0.05, 0) is 48.7 Å². The van der Waals surface area contributed by atoms with E-state index in [0.29, 0.717) is 16.8 Å². The molecule has 4 aromatic rings. The summed E-state index contributed by atoms with van der Waals surface area (Å²) >= 11 is 0. The van der Waals surface area contributed by atoms with Crippen LogP contribution in [0, 0.1) is 6.92 Å². The number of alkyl halides is 3. The summed E-state index contributed by atoms with van der Waals surface area (Å²) in [6.07, 6.45) is -4.92. The van der Waals surface area contributed by atoms with Crippen molar-refractivity contribution in [1.29, 1.82) is 0 Å². The number of hydrogen-bond donors (Lipinski definition) is 2. The number of aryl methyl sites for hydroxylation is 1. The van der Waals surface area contributed by atoms with Crippen LogP contribution in [-0.4, -0.2) is 11.1 Å². The van der Waals surface area contributed by atoms with Gasteiger partial charge in [-0.15, -0.1) is 0 Å². The molecule has 37 heavy (non-hydrogen) atoms. The fraction of sp³-hybridized carbons (Fsp3) is 0.214. The molecule has 0 bridgehead atoms. The van der Waals surface area contributed by atoms with E-state index in [-0.39, 0.29) is 29.6 Å². The van der Waals surface area contributed by atoms with E-state index in [1.165, 1.54) is 17.0 Å². The Morgan fingerprint density at radius 2 is 1.68 bits per heavy atom. The number of anilines is 2. The lowest BCUT2D eigenvalue weighted by Gasteiger charge is -2.23. The number of carboxylic acid groups (broad SMARTS) is 1. The van der Waals surface area contributed by atoms with Crippen LogP contribution in [0.5, 0.6) is 0 Å². The zero-order valence-electron chi connectivity index (χ0n) is 20.0. The minimum absolute atomic E-state index is 0.0300. The summed E-state index contributed by atoms with van der Waals surface area (Å²) in [5, 5.41) is 12.5. The van der Waals surface area contributed by atoms with E-state index >= 15 is 0 Å². The van der Waals surface area contributed by atoms with Crippen molar-refractivity contribution in [3.8, 4) is 0 Å². The summed E-state index contributed by atoms with van der Waals surface area (Å²) in [4.78, 5) is 26.4. The Morgan fingerprint density at radius 1 is 1.05 bits per heavy atom. The van der Waals surface area contributed by atoms with Crippen molar-refractivity contribution in [2.24, 2.45) is 0 Å². The van der Waals surface area contributed by atoms with Crippen LogP contribution in [0.1, 0.15) is 51.1 Å². The third-order valence-electron chi connectivity index (χ3n) is 6.55. The molecule has 3 aromatic carbocycles. The molecule has 0 radical (unpaired) electrons. The highest BCUT2D eigenvalue weighted by Gasteiger charge is 2.42. The lowest BCUT2D eigenvalue weighted by Crippen LogP contribution is -2.27. The smallest absolute Gasteiger partial charge is 0.425 e. The summed E-state index contributed by atoms with van der Waals surface area (Å²) in [6.45, 7) is 3.76. The maximum absolute atomic E-state index is 14.2. The molecule has 0 aliphatic carbocycles. The minimum Gasteiger partial charge on any atom is -0.478 e. The van der Waals surface area contributed by atoms with Gasteiger partial charge in [0, 0.05) is 24.3 Å². The van der Waals surface area contributed by atoms with Gasteiger partial charge in [-0.3, -0.25) is 4.79 Å². The lowest BCUT2D eigenvalue weighted by molar-refractivity contribution is -0.138. The second kappa shape index (κ2) is 8.99. The van der Waals surface area contributed by atoms with Crippen LogP contribution in [0.3, 0.4) is 0 Å². The van der Waals surface area contributed by atoms with Crippen LogP contribution >= 0.6 is 0 Å². The summed E-state index contributed by atoms with van der Waals surface area (Å²) in [7, 11) is 0. The molecule has 0 fully saturated rings. The number of hydrogen-bond acceptors (Lipinski definition) is 5. The van der Waals surface area contributed by atoms with E-state index in [9.17, 15) is 27.9 Å². The van der Waals surface area contributed by atoms with Gasteiger partial charge < -0.3 is 19.7 Å². The van der Waals surface area contributed by atoms with Gasteiger partial charge in [0.2, 0.25) is 11.3 Å². The number of nitrogens with one attached hydrogen (secondary N) is 1. The van der Waals surface area contributed by atoms with E-state index in [2.05, 4.69) is 5.32 Å². The summed E-state index contributed by atoms with van der Waals surface area (Å²) in [5.74, 6) is -1.65. The number of aromatic carboxylic acids is 1. The fourth-order valence-corrected chi connectivity index (χ4v) is 4.84. The Morgan fingerprint density at radius 3 is 2.30 bits per heavy atom. The fourth-order valence-electron chi connectivity index (χ4n) is 4.84. The summed E-state index contributed by atoms with van der Waals surface area (Å²) in [6, 6.07) is 16.1. The number of nitrogens with zero attached hydrogens (tertiary/aromatic N) is 1. The van der Waals surface area contributed by atoms with Gasteiger partial charge >= 0.3 is 12.1 Å². The van der Waals surface area contributed by atoms with E-state index in [1.54, 1.807) is 38.1 Å². The van der Waals surface area contributed by atoms with Crippen LogP contribution in [-0.2, 0) is 19.3 Å². The topological polar surface area (TPSA) is 82.8 Å². The van der Waals surface area contributed by atoms with Crippen LogP contribution < -0.4 is 15.6 Å². The number of fused-ring (bicyclic) bond motifs is 2. The molecule has 190 valence electrons. The van der Waals surface area contributed by atoms with Crippen molar-refractivity contribution >= 4 is 28.5 Å². The van der Waals surface area contributed by atoms with Gasteiger partial charge in [-0.25, -0.2) is 4.79 Å². The maximum atomic E-state index is 14.2. The van der Waals surface area contributed by atoms with Gasteiger partial charge in [-0.2, -0.15) is 13.2 Å². The quantitative estimate of drug-likeness (QED) is 0.320. The van der Waals surface area contributed by atoms with E-state index in [0.717, 1.165) is 11.1 Å². The molecule has 6 nitrogen and oxygen atoms in total. The molecule has 1 aromatic heterocycles. The monoisotopic (exact) mass is 508 g/mol. The van der Waals surface area contributed by atoms with Gasteiger partial charge in [0.15, 0.2) is 5.56 Å². The molecule has 5 rings (SSSR count). The van der Waals surface area contributed by atoms with Crippen molar-refractivity contribution in [1.82, 2.24) is 0 Å². The highest BCUT2D eigenvalue weighted by Crippen LogP contribution is 2.41. The molecule has 1 atom stereocenters. The number of halogens is 3. The standard InChI is InChI=1S/C28H23F3N2O4/c1-15-11-20(16(2)32-22-10-6-5-9-19(22)27(35)36)25-21(12-15)24(34)23(28(29,30)31)26(37-25)33-13-17-7-3-4-8-18(17)14-33/h3-12,16,32H,13-14H2,1-2H3,(H,35,36)/t16-/m1/s1. The molecule has 0 unspecified atom stereocenters. The Bertz CT molecular complexity index is 1570. The first-order valence-electron chi connectivity index (χ1n) is 11.6. The highest BCUT2D eigenvalue weighted by molar-refractivity contribution is 5.94. The van der Waals surface area contributed by atoms with Crippen LogP contribution in [0.4, 0.5) is 24.7 Å². The molecule has 0 saturated carbocycles. The van der Waals surface area contributed by atoms with E-state index < -0.39 is 35.1 Å². The first-order chi connectivity index (χ1) is 17.5. The first-order valence-corrected chi connectivity index (χ1v) is 11.6. The van der Waals surface area contributed by atoms with Crippen molar-refractivity contribution in [3.05, 3.63) is 104 Å². The van der Waals surface area contributed by atoms with Gasteiger partial charge in [0.05, 0.1) is 17.0 Å². The minimum atomic E-state index is -4.92. The Labute approximate surface area is 210 Å². The van der Waals surface area contributed by atoms with Gasteiger partial charge in [0.1, 0.15) is 5.58 Å². The Hall–Kier alpha value is -4.27. The second-order valence-electron chi connectivity index (χ2n) is 9.18. The molecule has 9 heteroatoms. The number of rotatable bonds is 5. The number of carboxylic acids is 1. The summed E-state index contributed by atoms with van der Waals surface area (Å²) in [5.41, 5.74) is 0.671. The van der Waals surface area contributed by atoms with E-state index in [4.69, 9.17) is 4.42 Å². The number of benzene rings is 3. The first kappa shape index (κ1) is 24.4. The third-order valence-corrected chi connectivity index (χ3v) is 6.55. The third kappa shape index (κ3) is 4.41.